The third-order valence-electron chi connectivity index (χ3n) is 2.77. The van der Waals surface area contributed by atoms with E-state index in [0.29, 0.717) is 0 Å². The molecule has 27 heavy (non-hydrogen) atoms. The van der Waals surface area contributed by atoms with Crippen LogP contribution >= 0.6 is 0 Å². The number of Topliss-reactive ketones (excluding diaryl/α,β-unsaturated/α-hetero) is 1. The molecule has 2 aromatic carbocycles. The van der Waals surface area contributed by atoms with Crippen LogP contribution in [0.15, 0.2) is 65.6 Å². The second kappa shape index (κ2) is 10.1. The van der Waals surface area contributed by atoms with Gasteiger partial charge in [0.2, 0.25) is 0 Å². The molecule has 2 aromatic rings. The second-order valence-electron chi connectivity index (χ2n) is 4.47. The quantitative estimate of drug-likeness (QED) is 0.171. The summed E-state index contributed by atoms with van der Waals surface area (Å²) in [7, 11) is -9.56. The maximum Gasteiger partial charge on any atom is 0.456 e. The molecule has 12 heteroatoms. The Bertz CT molecular complexity index is 1220. The molecule has 9 nitrogen and oxygen atoms in total. The van der Waals surface area contributed by atoms with Crippen LogP contribution < -0.4 is 0 Å². The van der Waals surface area contributed by atoms with Crippen molar-refractivity contribution in [3.8, 4) is 0 Å². The SMILES string of the molecule is O=S(=O)=C=S(=O)=O.[N-]=[N+]=C(C(=O)c1ccccc1)S(=O)(=O)c1ccccc1. The summed E-state index contributed by atoms with van der Waals surface area (Å²) in [6.45, 7) is 0. The van der Waals surface area contributed by atoms with Crippen LogP contribution in [0.3, 0.4) is 0 Å². The fourth-order valence-corrected chi connectivity index (χ4v) is 3.35. The van der Waals surface area contributed by atoms with Gasteiger partial charge in [-0.3, -0.25) is 4.79 Å². The largest absolute Gasteiger partial charge is 0.456 e. The molecule has 0 heterocycles. The Balaban J connectivity index is 0.000000445. The monoisotopic (exact) mass is 426 g/mol. The Hall–Kier alpha value is -3.14. The normalized spacial score (nSPS) is 9.63. The first-order valence-electron chi connectivity index (χ1n) is 6.77. The molecule has 0 atom stereocenters. The topological polar surface area (TPSA) is 156 Å². The lowest BCUT2D eigenvalue weighted by atomic mass is 10.1. The predicted molar refractivity (Wildman–Crippen MR) is 95.9 cm³/mol. The van der Waals surface area contributed by atoms with Gasteiger partial charge in [-0.1, -0.05) is 48.5 Å². The summed E-state index contributed by atoms with van der Waals surface area (Å²) >= 11 is 0. The molecule has 0 amide bonds. The van der Waals surface area contributed by atoms with Crippen LogP contribution in [0.4, 0.5) is 0 Å². The molecule has 0 fully saturated rings. The van der Waals surface area contributed by atoms with E-state index in [2.05, 4.69) is 4.79 Å². The van der Waals surface area contributed by atoms with Gasteiger partial charge in [-0.25, -0.2) is 8.42 Å². The van der Waals surface area contributed by atoms with Crippen molar-refractivity contribution in [2.24, 2.45) is 0 Å². The number of carbonyl (C=O) groups excluding carboxylic acids is 1. The highest BCUT2D eigenvalue weighted by Crippen LogP contribution is 2.14. The van der Waals surface area contributed by atoms with Gasteiger partial charge < -0.3 is 5.53 Å². The Morgan fingerprint density at radius 2 is 1.30 bits per heavy atom. The molecular formula is C15H10N2O7S3. The molecule has 0 saturated heterocycles. The number of carbonyl (C=O) groups is 1. The first kappa shape index (κ1) is 21.9. The maximum atomic E-state index is 12.3. The van der Waals surface area contributed by atoms with Crippen molar-refractivity contribution < 1.29 is 34.8 Å². The smallest absolute Gasteiger partial charge is 0.360 e. The van der Waals surface area contributed by atoms with Crippen LogP contribution in [-0.2, 0) is 30.4 Å². The highest BCUT2D eigenvalue weighted by molar-refractivity contribution is 8.08. The van der Waals surface area contributed by atoms with Crippen molar-refractivity contribution >= 4 is 45.6 Å². The minimum Gasteiger partial charge on any atom is -0.360 e. The van der Waals surface area contributed by atoms with Gasteiger partial charge >= 0.3 is 5.04 Å². The zero-order valence-corrected chi connectivity index (χ0v) is 15.7. The van der Waals surface area contributed by atoms with Gasteiger partial charge in [-0.05, 0) is 12.1 Å². The Morgan fingerprint density at radius 1 is 0.852 bits per heavy atom. The van der Waals surface area contributed by atoms with Crippen molar-refractivity contribution in [2.75, 3.05) is 0 Å². The fourth-order valence-electron chi connectivity index (χ4n) is 1.70. The molecular weight excluding hydrogens is 416 g/mol. The lowest BCUT2D eigenvalue weighted by Crippen LogP contribution is -2.25. The van der Waals surface area contributed by atoms with Gasteiger partial charge in [0.25, 0.3) is 36.2 Å². The van der Waals surface area contributed by atoms with E-state index in [0.717, 1.165) is 4.31 Å². The van der Waals surface area contributed by atoms with Crippen molar-refractivity contribution in [2.45, 2.75) is 4.90 Å². The molecule has 2 rings (SSSR count). The van der Waals surface area contributed by atoms with E-state index in [4.69, 9.17) is 5.53 Å². The zero-order valence-electron chi connectivity index (χ0n) is 13.3. The molecule has 0 aliphatic carbocycles. The molecule has 0 unspecified atom stereocenters. The predicted octanol–water partition coefficient (Wildman–Crippen LogP) is 0.353. The van der Waals surface area contributed by atoms with Crippen molar-refractivity contribution in [1.29, 1.82) is 0 Å². The van der Waals surface area contributed by atoms with Crippen LogP contribution in [0.2, 0.25) is 0 Å². The summed E-state index contributed by atoms with van der Waals surface area (Å²) in [6, 6.07) is 15.1. The Kier molecular flexibility index (Phi) is 8.21. The molecule has 0 saturated carbocycles. The second-order valence-corrected chi connectivity index (χ2v) is 7.94. The van der Waals surface area contributed by atoms with Crippen molar-refractivity contribution in [3.63, 3.8) is 0 Å². The summed E-state index contributed by atoms with van der Waals surface area (Å²) in [5.41, 5.74) is 9.08. The van der Waals surface area contributed by atoms with Gasteiger partial charge in [0.15, 0.2) is 0 Å². The minimum absolute atomic E-state index is 0.0999. The number of benzene rings is 2. The number of sulfone groups is 1. The molecule has 0 radical (unpaired) electrons. The minimum atomic E-state index is -4.15. The average Bonchev–Trinajstić information content (AvgIpc) is 2.63. The standard InChI is InChI=1S/C14H10N2O3S.CO4S2/c15-16-14(13(17)11-7-3-1-4-8-11)20(18,19)12-9-5-2-6-10-12;2-6(3)1-7(4)5/h1-10H;. The molecule has 0 aliphatic heterocycles. The number of hydrogen-bond acceptors (Lipinski definition) is 7. The third-order valence-corrected chi connectivity index (χ3v) is 5.52. The third kappa shape index (κ3) is 6.59. The van der Waals surface area contributed by atoms with Crippen molar-refractivity contribution in [3.05, 3.63) is 71.8 Å². The van der Waals surface area contributed by atoms with Crippen LogP contribution in [-0.4, -0.2) is 45.2 Å². The van der Waals surface area contributed by atoms with Gasteiger partial charge in [0.05, 0.1) is 4.90 Å². The van der Waals surface area contributed by atoms with E-state index in [1.165, 1.54) is 36.4 Å². The van der Waals surface area contributed by atoms with E-state index in [9.17, 15) is 30.0 Å². The summed E-state index contributed by atoms with van der Waals surface area (Å²) in [4.78, 5) is 14.7. The van der Waals surface area contributed by atoms with E-state index < -0.39 is 41.3 Å². The van der Waals surface area contributed by atoms with Gasteiger partial charge in [-0.15, -0.1) is 4.79 Å². The molecule has 140 valence electrons. The number of rotatable bonds is 3. The number of hydrogen-bond donors (Lipinski definition) is 0. The maximum absolute atomic E-state index is 12.3. The van der Waals surface area contributed by atoms with E-state index >= 15 is 0 Å². The molecule has 0 spiro atoms. The Morgan fingerprint density at radius 3 is 1.67 bits per heavy atom. The van der Waals surface area contributed by atoms with Crippen LogP contribution in [0.1, 0.15) is 10.4 Å². The van der Waals surface area contributed by atoms with Gasteiger partial charge in [0.1, 0.15) is 4.31 Å². The molecule has 0 aromatic heterocycles. The van der Waals surface area contributed by atoms with Gasteiger partial charge in [-0.2, -0.15) is 16.8 Å². The van der Waals surface area contributed by atoms with Crippen molar-refractivity contribution in [1.82, 2.24) is 0 Å². The van der Waals surface area contributed by atoms with E-state index in [1.807, 2.05) is 0 Å². The lowest BCUT2D eigenvalue weighted by Gasteiger charge is -1.99. The van der Waals surface area contributed by atoms with Crippen LogP contribution in [0.25, 0.3) is 5.53 Å². The highest BCUT2D eigenvalue weighted by Gasteiger charge is 2.37. The number of nitrogens with zero attached hydrogens (tertiary/aromatic N) is 2. The summed E-state index contributed by atoms with van der Waals surface area (Å²) in [5.74, 6) is -0.850. The van der Waals surface area contributed by atoms with Crippen LogP contribution in [0.5, 0.6) is 0 Å². The van der Waals surface area contributed by atoms with Gasteiger partial charge in [0, 0.05) is 5.56 Å². The first-order valence-corrected chi connectivity index (χ1v) is 10.4. The molecule has 0 bridgehead atoms. The summed E-state index contributed by atoms with van der Waals surface area (Å²) < 4.78 is 62.9. The zero-order chi connectivity index (χ0) is 20.4. The van der Waals surface area contributed by atoms with E-state index in [-0.39, 0.29) is 10.5 Å². The fraction of sp³-hybridized carbons (Fsp3) is 0. The highest BCUT2D eigenvalue weighted by atomic mass is 32.2. The summed E-state index contributed by atoms with van der Waals surface area (Å²) in [5, 5.41) is -0.894. The summed E-state index contributed by atoms with van der Waals surface area (Å²) in [6.07, 6.45) is 0. The lowest BCUT2D eigenvalue weighted by molar-refractivity contribution is -0.00158. The molecule has 0 N–H and O–H groups in total. The molecule has 0 aliphatic rings. The Labute approximate surface area is 157 Å². The first-order chi connectivity index (χ1) is 12.7. The van der Waals surface area contributed by atoms with E-state index in [1.54, 1.807) is 24.3 Å². The van der Waals surface area contributed by atoms with Crippen LogP contribution in [0, 0.1) is 0 Å². The number of ketones is 1. The average molecular weight is 426 g/mol.